The molecule has 1 aromatic carbocycles. The van der Waals surface area contributed by atoms with Crippen LogP contribution in [0.25, 0.3) is 0 Å². The third kappa shape index (κ3) is 6.61. The van der Waals surface area contributed by atoms with Crippen molar-refractivity contribution in [2.75, 3.05) is 19.6 Å². The minimum absolute atomic E-state index is 0.790. The predicted molar refractivity (Wildman–Crippen MR) is 105 cm³/mol. The Bertz CT molecular complexity index is 670. The third-order valence-corrected chi connectivity index (χ3v) is 4.07. The van der Waals surface area contributed by atoms with Gasteiger partial charge in [0, 0.05) is 31.9 Å². The maximum absolute atomic E-state index is 4.66. The van der Waals surface area contributed by atoms with E-state index in [-0.39, 0.29) is 0 Å². The molecule has 5 heteroatoms. The van der Waals surface area contributed by atoms with Gasteiger partial charge in [-0.1, -0.05) is 29.8 Å². The first-order chi connectivity index (χ1) is 12.1. The molecule has 0 aliphatic rings. The Kier molecular flexibility index (Phi) is 7.51. The summed E-state index contributed by atoms with van der Waals surface area (Å²) in [5.74, 6) is 0.892. The number of rotatable bonds is 8. The van der Waals surface area contributed by atoms with Gasteiger partial charge in [0.05, 0.1) is 5.69 Å². The molecule has 5 nitrogen and oxygen atoms in total. The highest BCUT2D eigenvalue weighted by Crippen LogP contribution is 2.04. The number of guanidine groups is 1. The van der Waals surface area contributed by atoms with Crippen LogP contribution in [0.1, 0.15) is 35.9 Å². The standard InChI is InChI=1S/C20H31N5/c1-5-21-20(23-13-11-19-9-7-16(2)8-10-19)22-12-6-14-25-18(4)15-17(3)24-25/h7-10,15H,5-6,11-14H2,1-4H3,(H2,21,22,23). The molecule has 0 aliphatic carbocycles. The molecular formula is C20H31N5. The van der Waals surface area contributed by atoms with Crippen molar-refractivity contribution in [2.45, 2.75) is 47.1 Å². The van der Waals surface area contributed by atoms with Crippen molar-refractivity contribution in [3.63, 3.8) is 0 Å². The molecule has 2 aromatic rings. The molecule has 2 rings (SSSR count). The Balaban J connectivity index is 1.75. The molecule has 0 fully saturated rings. The summed E-state index contributed by atoms with van der Waals surface area (Å²) in [4.78, 5) is 4.66. The fourth-order valence-electron chi connectivity index (χ4n) is 2.73. The number of hydrogen-bond donors (Lipinski definition) is 2. The van der Waals surface area contributed by atoms with E-state index in [0.717, 1.165) is 50.7 Å². The van der Waals surface area contributed by atoms with Crippen molar-refractivity contribution in [2.24, 2.45) is 4.99 Å². The zero-order valence-corrected chi connectivity index (χ0v) is 16.0. The maximum Gasteiger partial charge on any atom is 0.191 e. The summed E-state index contributed by atoms with van der Waals surface area (Å²) in [5.41, 5.74) is 4.93. The van der Waals surface area contributed by atoms with Crippen LogP contribution < -0.4 is 10.6 Å². The second kappa shape index (κ2) is 9.87. The SMILES string of the molecule is CCNC(=NCCCn1nc(C)cc1C)NCCc1ccc(C)cc1. The fourth-order valence-corrected chi connectivity index (χ4v) is 2.73. The van der Waals surface area contributed by atoms with Crippen molar-refractivity contribution in [3.8, 4) is 0 Å². The third-order valence-electron chi connectivity index (χ3n) is 4.07. The molecule has 136 valence electrons. The number of nitrogens with zero attached hydrogens (tertiary/aromatic N) is 3. The highest BCUT2D eigenvalue weighted by atomic mass is 15.3. The summed E-state index contributed by atoms with van der Waals surface area (Å²) >= 11 is 0. The smallest absolute Gasteiger partial charge is 0.191 e. The fraction of sp³-hybridized carbons (Fsp3) is 0.500. The molecule has 0 radical (unpaired) electrons. The van der Waals surface area contributed by atoms with Crippen LogP contribution in [0.4, 0.5) is 0 Å². The summed E-state index contributed by atoms with van der Waals surface area (Å²) in [6, 6.07) is 10.8. The van der Waals surface area contributed by atoms with Gasteiger partial charge in [0.15, 0.2) is 5.96 Å². The Labute approximate surface area is 151 Å². The van der Waals surface area contributed by atoms with Gasteiger partial charge in [-0.2, -0.15) is 5.10 Å². The van der Waals surface area contributed by atoms with E-state index in [9.17, 15) is 0 Å². The molecule has 0 bridgehead atoms. The number of nitrogens with one attached hydrogen (secondary N) is 2. The van der Waals surface area contributed by atoms with E-state index < -0.39 is 0 Å². The number of aryl methyl sites for hydroxylation is 4. The quantitative estimate of drug-likeness (QED) is 0.441. The molecule has 0 amide bonds. The van der Waals surface area contributed by atoms with Crippen LogP contribution in [0.3, 0.4) is 0 Å². The van der Waals surface area contributed by atoms with Crippen LogP contribution in [0.15, 0.2) is 35.3 Å². The average Bonchev–Trinajstić information content (AvgIpc) is 2.91. The minimum atomic E-state index is 0.790. The first-order valence-electron chi connectivity index (χ1n) is 9.17. The molecule has 0 spiro atoms. The van der Waals surface area contributed by atoms with E-state index in [4.69, 9.17) is 0 Å². The van der Waals surface area contributed by atoms with E-state index in [1.165, 1.54) is 16.8 Å². The summed E-state index contributed by atoms with van der Waals surface area (Å²) in [5, 5.41) is 11.2. The molecule has 25 heavy (non-hydrogen) atoms. The van der Waals surface area contributed by atoms with Crippen LogP contribution in [-0.4, -0.2) is 35.4 Å². The van der Waals surface area contributed by atoms with E-state index in [1.807, 2.05) is 6.92 Å². The highest BCUT2D eigenvalue weighted by molar-refractivity contribution is 5.79. The normalized spacial score (nSPS) is 11.6. The van der Waals surface area contributed by atoms with E-state index >= 15 is 0 Å². The van der Waals surface area contributed by atoms with Crippen LogP contribution in [0.2, 0.25) is 0 Å². The second-order valence-electron chi connectivity index (χ2n) is 6.43. The molecule has 2 N–H and O–H groups in total. The van der Waals surface area contributed by atoms with E-state index in [0.29, 0.717) is 0 Å². The largest absolute Gasteiger partial charge is 0.357 e. The zero-order chi connectivity index (χ0) is 18.1. The van der Waals surface area contributed by atoms with Crippen molar-refractivity contribution in [3.05, 3.63) is 52.8 Å². The Hall–Kier alpha value is -2.30. The van der Waals surface area contributed by atoms with Gasteiger partial charge in [-0.15, -0.1) is 0 Å². The van der Waals surface area contributed by atoms with Crippen LogP contribution in [0.5, 0.6) is 0 Å². The maximum atomic E-state index is 4.66. The molecule has 1 aromatic heterocycles. The lowest BCUT2D eigenvalue weighted by Gasteiger charge is -2.11. The molecule has 0 saturated heterocycles. The van der Waals surface area contributed by atoms with Gasteiger partial charge in [0.2, 0.25) is 0 Å². The lowest BCUT2D eigenvalue weighted by atomic mass is 10.1. The molecule has 1 heterocycles. The number of aliphatic imine (C=N–C) groups is 1. The molecular weight excluding hydrogens is 310 g/mol. The van der Waals surface area contributed by atoms with Gasteiger partial charge in [0.25, 0.3) is 0 Å². The number of aromatic nitrogens is 2. The van der Waals surface area contributed by atoms with Gasteiger partial charge >= 0.3 is 0 Å². The van der Waals surface area contributed by atoms with Crippen molar-refractivity contribution in [1.29, 1.82) is 0 Å². The highest BCUT2D eigenvalue weighted by Gasteiger charge is 2.01. The lowest BCUT2D eigenvalue weighted by molar-refractivity contribution is 0.567. The minimum Gasteiger partial charge on any atom is -0.357 e. The lowest BCUT2D eigenvalue weighted by Crippen LogP contribution is -2.38. The van der Waals surface area contributed by atoms with Gasteiger partial charge in [-0.3, -0.25) is 9.67 Å². The summed E-state index contributed by atoms with van der Waals surface area (Å²) < 4.78 is 2.06. The first-order valence-corrected chi connectivity index (χ1v) is 9.17. The number of hydrogen-bond acceptors (Lipinski definition) is 2. The second-order valence-corrected chi connectivity index (χ2v) is 6.43. The average molecular weight is 342 g/mol. The summed E-state index contributed by atoms with van der Waals surface area (Å²) in [6.07, 6.45) is 1.98. The van der Waals surface area contributed by atoms with Crippen LogP contribution in [0, 0.1) is 20.8 Å². The van der Waals surface area contributed by atoms with Gasteiger partial charge in [-0.05, 0) is 52.2 Å². The van der Waals surface area contributed by atoms with Crippen LogP contribution >= 0.6 is 0 Å². The number of benzene rings is 1. The molecule has 0 saturated carbocycles. The van der Waals surface area contributed by atoms with Crippen molar-refractivity contribution in [1.82, 2.24) is 20.4 Å². The molecule has 0 atom stereocenters. The first kappa shape index (κ1) is 19.0. The van der Waals surface area contributed by atoms with Crippen molar-refractivity contribution >= 4 is 5.96 Å². The summed E-state index contributed by atoms with van der Waals surface area (Å²) in [6.45, 7) is 11.8. The zero-order valence-electron chi connectivity index (χ0n) is 16.0. The summed E-state index contributed by atoms with van der Waals surface area (Å²) in [7, 11) is 0. The monoisotopic (exact) mass is 341 g/mol. The Morgan fingerprint density at radius 2 is 1.88 bits per heavy atom. The Morgan fingerprint density at radius 1 is 1.12 bits per heavy atom. The molecule has 0 unspecified atom stereocenters. The van der Waals surface area contributed by atoms with Crippen molar-refractivity contribution < 1.29 is 0 Å². The Morgan fingerprint density at radius 3 is 2.52 bits per heavy atom. The topological polar surface area (TPSA) is 54.2 Å². The van der Waals surface area contributed by atoms with Gasteiger partial charge in [-0.25, -0.2) is 0 Å². The van der Waals surface area contributed by atoms with E-state index in [2.05, 4.69) is 76.5 Å². The van der Waals surface area contributed by atoms with E-state index in [1.54, 1.807) is 0 Å². The van der Waals surface area contributed by atoms with Crippen LogP contribution in [-0.2, 0) is 13.0 Å². The predicted octanol–water partition coefficient (Wildman–Crippen LogP) is 3.00. The van der Waals surface area contributed by atoms with Gasteiger partial charge in [0.1, 0.15) is 0 Å². The van der Waals surface area contributed by atoms with Gasteiger partial charge < -0.3 is 10.6 Å². The molecule has 0 aliphatic heterocycles.